The molecule has 1 aromatic rings. The average molecular weight is 292 g/mol. The summed E-state index contributed by atoms with van der Waals surface area (Å²) in [5, 5.41) is 4.62. The van der Waals surface area contributed by atoms with Crippen molar-refractivity contribution in [2.45, 2.75) is 63.8 Å². The molecule has 0 saturated heterocycles. The zero-order chi connectivity index (χ0) is 13.8. The lowest BCUT2D eigenvalue weighted by Crippen LogP contribution is -2.37. The molecular formula is C18H26ClN. The Labute approximate surface area is 128 Å². The van der Waals surface area contributed by atoms with Gasteiger partial charge in [-0.05, 0) is 42.9 Å². The van der Waals surface area contributed by atoms with Crippen molar-refractivity contribution >= 4 is 17.3 Å². The number of hydrogen-bond acceptors (Lipinski definition) is 1. The molecule has 1 nitrogen and oxygen atoms in total. The monoisotopic (exact) mass is 291 g/mol. The lowest BCUT2D eigenvalue weighted by molar-refractivity contribution is 0.180. The normalized spacial score (nSPS) is 28.2. The van der Waals surface area contributed by atoms with E-state index in [9.17, 15) is 0 Å². The summed E-state index contributed by atoms with van der Waals surface area (Å²) >= 11 is 6.11. The van der Waals surface area contributed by atoms with Gasteiger partial charge in [0, 0.05) is 16.8 Å². The molecule has 2 heteroatoms. The maximum absolute atomic E-state index is 6.11. The lowest BCUT2D eigenvalue weighted by Gasteiger charge is -2.39. The molecule has 20 heavy (non-hydrogen) atoms. The summed E-state index contributed by atoms with van der Waals surface area (Å²) in [5.74, 6) is 1.84. The highest BCUT2D eigenvalue weighted by molar-refractivity contribution is 6.30. The summed E-state index contributed by atoms with van der Waals surface area (Å²) < 4.78 is 0. The molecule has 0 spiro atoms. The van der Waals surface area contributed by atoms with E-state index in [4.69, 9.17) is 11.6 Å². The Bertz CT molecular complexity index is 425. The Morgan fingerprint density at radius 2 is 1.65 bits per heavy atom. The largest absolute Gasteiger partial charge is 0.382 e. The predicted octanol–water partition coefficient (Wildman–Crippen LogP) is 5.89. The smallest absolute Gasteiger partial charge is 0.0426 e. The van der Waals surface area contributed by atoms with Crippen molar-refractivity contribution in [3.63, 3.8) is 0 Å². The van der Waals surface area contributed by atoms with Crippen LogP contribution in [0.3, 0.4) is 0 Å². The van der Waals surface area contributed by atoms with Gasteiger partial charge in [-0.3, -0.25) is 0 Å². The molecule has 2 fully saturated rings. The fourth-order valence-corrected chi connectivity index (χ4v) is 4.45. The second kappa shape index (κ2) is 6.85. The number of halogens is 1. The Morgan fingerprint density at radius 3 is 2.45 bits per heavy atom. The van der Waals surface area contributed by atoms with Crippen LogP contribution in [-0.2, 0) is 0 Å². The van der Waals surface area contributed by atoms with Gasteiger partial charge >= 0.3 is 0 Å². The number of benzene rings is 1. The molecule has 2 aliphatic carbocycles. The molecule has 0 aromatic heterocycles. The maximum atomic E-state index is 6.11. The third kappa shape index (κ3) is 3.49. The Balaban J connectivity index is 1.68. The molecule has 2 aliphatic rings. The zero-order valence-corrected chi connectivity index (χ0v) is 13.0. The van der Waals surface area contributed by atoms with Gasteiger partial charge in [0.05, 0.1) is 0 Å². The van der Waals surface area contributed by atoms with E-state index < -0.39 is 0 Å². The van der Waals surface area contributed by atoms with E-state index in [2.05, 4.69) is 17.4 Å². The van der Waals surface area contributed by atoms with Gasteiger partial charge in [0.1, 0.15) is 0 Å². The van der Waals surface area contributed by atoms with Crippen molar-refractivity contribution in [3.8, 4) is 0 Å². The van der Waals surface area contributed by atoms with Crippen LogP contribution in [0.5, 0.6) is 0 Å². The van der Waals surface area contributed by atoms with Gasteiger partial charge in [-0.2, -0.15) is 0 Å². The predicted molar refractivity (Wildman–Crippen MR) is 87.4 cm³/mol. The summed E-state index contributed by atoms with van der Waals surface area (Å²) in [6.07, 6.45) is 12.8. The molecular weight excluding hydrogens is 266 g/mol. The fraction of sp³-hybridized carbons (Fsp3) is 0.667. The first-order valence-corrected chi connectivity index (χ1v) is 8.73. The Morgan fingerprint density at radius 1 is 0.900 bits per heavy atom. The molecule has 0 amide bonds. The van der Waals surface area contributed by atoms with Crippen LogP contribution in [0.2, 0.25) is 5.02 Å². The van der Waals surface area contributed by atoms with Crippen molar-refractivity contribution in [2.24, 2.45) is 11.8 Å². The molecule has 3 rings (SSSR count). The van der Waals surface area contributed by atoms with Crippen LogP contribution in [-0.4, -0.2) is 6.04 Å². The van der Waals surface area contributed by atoms with E-state index in [0.717, 1.165) is 16.9 Å². The lowest BCUT2D eigenvalue weighted by atomic mass is 9.71. The zero-order valence-electron chi connectivity index (χ0n) is 12.3. The Hall–Kier alpha value is -0.690. The molecule has 110 valence electrons. The summed E-state index contributed by atoms with van der Waals surface area (Å²) in [4.78, 5) is 0. The van der Waals surface area contributed by atoms with Crippen molar-refractivity contribution in [3.05, 3.63) is 29.3 Å². The standard InChI is InChI=1S/C18H26ClN/c19-15-9-6-10-16(13-15)20-18-12-5-4-11-17(18)14-7-2-1-3-8-14/h6,9-10,13-14,17-18,20H,1-5,7-8,11-12H2. The molecule has 0 radical (unpaired) electrons. The minimum absolute atomic E-state index is 0.658. The van der Waals surface area contributed by atoms with E-state index in [1.54, 1.807) is 0 Å². The maximum Gasteiger partial charge on any atom is 0.0426 e. The van der Waals surface area contributed by atoms with Gasteiger partial charge in [-0.25, -0.2) is 0 Å². The molecule has 2 saturated carbocycles. The number of hydrogen-bond donors (Lipinski definition) is 1. The van der Waals surface area contributed by atoms with Gasteiger partial charge in [0.25, 0.3) is 0 Å². The van der Waals surface area contributed by atoms with Gasteiger partial charge in [0.2, 0.25) is 0 Å². The van der Waals surface area contributed by atoms with Crippen LogP contribution in [0.4, 0.5) is 5.69 Å². The first-order chi connectivity index (χ1) is 9.83. The van der Waals surface area contributed by atoms with Gasteiger partial charge in [-0.1, -0.05) is 62.6 Å². The summed E-state index contributed by atoms with van der Waals surface area (Å²) in [6.45, 7) is 0. The second-order valence-electron chi connectivity index (χ2n) is 6.61. The van der Waals surface area contributed by atoms with Crippen molar-refractivity contribution < 1.29 is 0 Å². The van der Waals surface area contributed by atoms with Gasteiger partial charge < -0.3 is 5.32 Å². The summed E-state index contributed by atoms with van der Waals surface area (Å²) in [6, 6.07) is 8.87. The number of rotatable bonds is 3. The molecule has 2 atom stereocenters. The van der Waals surface area contributed by atoms with E-state index in [-0.39, 0.29) is 0 Å². The van der Waals surface area contributed by atoms with Crippen LogP contribution in [0.25, 0.3) is 0 Å². The van der Waals surface area contributed by atoms with E-state index in [1.807, 2.05) is 12.1 Å². The van der Waals surface area contributed by atoms with E-state index in [1.165, 1.54) is 63.5 Å². The van der Waals surface area contributed by atoms with Crippen molar-refractivity contribution in [1.29, 1.82) is 0 Å². The molecule has 2 unspecified atom stereocenters. The average Bonchev–Trinajstić information content (AvgIpc) is 2.49. The molecule has 0 heterocycles. The van der Waals surface area contributed by atoms with Crippen LogP contribution in [0.1, 0.15) is 57.8 Å². The molecule has 0 bridgehead atoms. The number of nitrogens with one attached hydrogen (secondary N) is 1. The summed E-state index contributed by atoms with van der Waals surface area (Å²) in [5.41, 5.74) is 1.20. The minimum atomic E-state index is 0.658. The van der Waals surface area contributed by atoms with Gasteiger partial charge in [-0.15, -0.1) is 0 Å². The third-order valence-electron chi connectivity index (χ3n) is 5.25. The van der Waals surface area contributed by atoms with E-state index in [0.29, 0.717) is 6.04 Å². The highest BCUT2D eigenvalue weighted by Gasteiger charge is 2.32. The van der Waals surface area contributed by atoms with Gasteiger partial charge in [0.15, 0.2) is 0 Å². The first kappa shape index (κ1) is 14.3. The van der Waals surface area contributed by atoms with Crippen LogP contribution in [0, 0.1) is 11.8 Å². The quantitative estimate of drug-likeness (QED) is 0.732. The highest BCUT2D eigenvalue weighted by atomic mass is 35.5. The highest BCUT2D eigenvalue weighted by Crippen LogP contribution is 2.39. The van der Waals surface area contributed by atoms with Crippen LogP contribution in [0.15, 0.2) is 24.3 Å². The fourth-order valence-electron chi connectivity index (χ4n) is 4.26. The van der Waals surface area contributed by atoms with Crippen molar-refractivity contribution in [2.75, 3.05) is 5.32 Å². The SMILES string of the molecule is Clc1cccc(NC2CCCCC2C2CCCCC2)c1. The van der Waals surface area contributed by atoms with E-state index >= 15 is 0 Å². The summed E-state index contributed by atoms with van der Waals surface area (Å²) in [7, 11) is 0. The molecule has 0 aliphatic heterocycles. The second-order valence-corrected chi connectivity index (χ2v) is 7.04. The third-order valence-corrected chi connectivity index (χ3v) is 5.49. The minimum Gasteiger partial charge on any atom is -0.382 e. The molecule has 1 N–H and O–H groups in total. The number of anilines is 1. The molecule has 1 aromatic carbocycles. The first-order valence-electron chi connectivity index (χ1n) is 8.35. The Kier molecular flexibility index (Phi) is 4.88. The van der Waals surface area contributed by atoms with Crippen molar-refractivity contribution in [1.82, 2.24) is 0 Å². The topological polar surface area (TPSA) is 12.0 Å². The van der Waals surface area contributed by atoms with Crippen LogP contribution < -0.4 is 5.32 Å². The van der Waals surface area contributed by atoms with Crippen LogP contribution >= 0.6 is 11.6 Å².